The van der Waals surface area contributed by atoms with Crippen LogP contribution in [0.15, 0.2) is 22.6 Å². The van der Waals surface area contributed by atoms with Gasteiger partial charge in [0.15, 0.2) is 24.2 Å². The van der Waals surface area contributed by atoms with Crippen molar-refractivity contribution in [1.82, 2.24) is 9.78 Å². The highest BCUT2D eigenvalue weighted by Gasteiger charge is 2.41. The standard InChI is InChI=1S/C16H17N3O6S/c1-22-15(21)11-5-10(20)6-18(11)7-19-16(26)25-14(17-19)9-2-3-12-13(4-9)24-8-23-12/h2-4,10-11,20H,5-8H2,1H3/p+1/t10-,11-/m0/s1. The number of aliphatic hydroxyl groups is 1. The molecule has 0 aliphatic carbocycles. The second kappa shape index (κ2) is 6.71. The lowest BCUT2D eigenvalue weighted by Crippen LogP contribution is -3.14. The summed E-state index contributed by atoms with van der Waals surface area (Å²) in [6.07, 6.45) is -0.217. The molecule has 2 aliphatic rings. The summed E-state index contributed by atoms with van der Waals surface area (Å²) >= 11 is 5.25. The number of esters is 1. The topological polar surface area (TPSA) is 100 Å². The van der Waals surface area contributed by atoms with E-state index in [9.17, 15) is 9.90 Å². The molecule has 1 unspecified atom stereocenters. The molecule has 1 aromatic carbocycles. The first-order valence-electron chi connectivity index (χ1n) is 8.13. The first kappa shape index (κ1) is 17.0. The summed E-state index contributed by atoms with van der Waals surface area (Å²) in [6, 6.07) is 4.91. The third kappa shape index (κ3) is 3.06. The number of aromatic nitrogens is 2. The number of quaternary nitrogens is 1. The Morgan fingerprint density at radius 1 is 1.46 bits per heavy atom. The third-order valence-electron chi connectivity index (χ3n) is 4.56. The van der Waals surface area contributed by atoms with Crippen LogP contribution in [0.5, 0.6) is 11.5 Å². The predicted molar refractivity (Wildman–Crippen MR) is 89.1 cm³/mol. The van der Waals surface area contributed by atoms with Gasteiger partial charge in [0.2, 0.25) is 12.7 Å². The van der Waals surface area contributed by atoms with Crippen LogP contribution in [0.25, 0.3) is 11.5 Å². The van der Waals surface area contributed by atoms with Gasteiger partial charge in [0.25, 0.3) is 4.84 Å². The number of methoxy groups -OCH3 is 1. The van der Waals surface area contributed by atoms with Crippen molar-refractivity contribution in [3.05, 3.63) is 23.0 Å². The van der Waals surface area contributed by atoms with Gasteiger partial charge in [-0.05, 0) is 30.4 Å². The number of carbonyl (C=O) groups excluding carboxylic acids is 1. The zero-order valence-corrected chi connectivity index (χ0v) is 14.8. The molecule has 26 heavy (non-hydrogen) atoms. The Kier molecular flexibility index (Phi) is 4.39. The first-order valence-corrected chi connectivity index (χ1v) is 8.54. The summed E-state index contributed by atoms with van der Waals surface area (Å²) in [5, 5.41) is 14.3. The van der Waals surface area contributed by atoms with E-state index in [1.54, 1.807) is 12.1 Å². The van der Waals surface area contributed by atoms with Gasteiger partial charge in [-0.1, -0.05) is 0 Å². The third-order valence-corrected chi connectivity index (χ3v) is 4.86. The fourth-order valence-corrected chi connectivity index (χ4v) is 3.48. The molecule has 2 aliphatic heterocycles. The lowest BCUT2D eigenvalue weighted by atomic mass is 10.2. The van der Waals surface area contributed by atoms with Crippen LogP contribution in [0.3, 0.4) is 0 Å². The minimum absolute atomic E-state index is 0.187. The van der Waals surface area contributed by atoms with Gasteiger partial charge in [-0.15, -0.1) is 5.10 Å². The molecule has 2 N–H and O–H groups in total. The fraction of sp³-hybridized carbons (Fsp3) is 0.438. The Balaban J connectivity index is 1.57. The van der Waals surface area contributed by atoms with Gasteiger partial charge in [-0.25, -0.2) is 4.79 Å². The Labute approximate surface area is 153 Å². The molecule has 10 heteroatoms. The van der Waals surface area contributed by atoms with E-state index < -0.39 is 12.1 Å². The highest BCUT2D eigenvalue weighted by molar-refractivity contribution is 7.71. The van der Waals surface area contributed by atoms with E-state index in [-0.39, 0.29) is 17.6 Å². The molecule has 0 saturated carbocycles. The van der Waals surface area contributed by atoms with Crippen LogP contribution >= 0.6 is 12.2 Å². The van der Waals surface area contributed by atoms with E-state index in [0.29, 0.717) is 42.6 Å². The van der Waals surface area contributed by atoms with Crippen LogP contribution in [-0.2, 0) is 16.2 Å². The van der Waals surface area contributed by atoms with Crippen LogP contribution in [0.2, 0.25) is 0 Å². The minimum Gasteiger partial charge on any atom is -0.465 e. The van der Waals surface area contributed by atoms with Crippen LogP contribution in [-0.4, -0.2) is 53.4 Å². The van der Waals surface area contributed by atoms with E-state index in [2.05, 4.69) is 5.10 Å². The number of hydrogen-bond donors (Lipinski definition) is 2. The summed E-state index contributed by atoms with van der Waals surface area (Å²) in [6.45, 7) is 0.893. The largest absolute Gasteiger partial charge is 0.465 e. The van der Waals surface area contributed by atoms with Crippen molar-refractivity contribution in [2.24, 2.45) is 0 Å². The number of fused-ring (bicyclic) bond motifs is 1. The molecule has 0 radical (unpaired) electrons. The quantitative estimate of drug-likeness (QED) is 0.553. The second-order valence-electron chi connectivity index (χ2n) is 6.23. The number of carbonyl (C=O) groups is 1. The van der Waals surface area contributed by atoms with Crippen molar-refractivity contribution in [1.29, 1.82) is 0 Å². The first-order chi connectivity index (χ1) is 12.5. The number of rotatable bonds is 4. The molecule has 0 bridgehead atoms. The van der Waals surface area contributed by atoms with Gasteiger partial charge in [0, 0.05) is 12.0 Å². The maximum absolute atomic E-state index is 11.9. The van der Waals surface area contributed by atoms with Gasteiger partial charge in [0.05, 0.1) is 7.11 Å². The van der Waals surface area contributed by atoms with E-state index >= 15 is 0 Å². The molecular formula is C16H18N3O6S+. The van der Waals surface area contributed by atoms with E-state index in [1.165, 1.54) is 11.8 Å². The van der Waals surface area contributed by atoms with Crippen LogP contribution in [0.4, 0.5) is 0 Å². The summed E-state index contributed by atoms with van der Waals surface area (Å²) in [7, 11) is 1.34. The van der Waals surface area contributed by atoms with Gasteiger partial charge in [0.1, 0.15) is 12.6 Å². The number of nitrogens with one attached hydrogen (secondary N) is 1. The Morgan fingerprint density at radius 3 is 3.08 bits per heavy atom. The number of ether oxygens (including phenoxy) is 3. The average Bonchev–Trinajstić information content (AvgIpc) is 3.33. The Morgan fingerprint density at radius 2 is 2.27 bits per heavy atom. The van der Waals surface area contributed by atoms with Crippen molar-refractivity contribution >= 4 is 18.2 Å². The van der Waals surface area contributed by atoms with E-state index in [4.69, 9.17) is 30.8 Å². The highest BCUT2D eigenvalue weighted by Crippen LogP contribution is 2.35. The van der Waals surface area contributed by atoms with Crippen LogP contribution in [0.1, 0.15) is 6.42 Å². The summed E-state index contributed by atoms with van der Waals surface area (Å²) in [5.74, 6) is 1.28. The molecule has 2 aromatic rings. The number of benzene rings is 1. The molecule has 4 rings (SSSR count). The molecule has 138 valence electrons. The Hall–Kier alpha value is -2.43. The molecule has 0 amide bonds. The van der Waals surface area contributed by atoms with Crippen LogP contribution in [0, 0.1) is 4.84 Å². The molecule has 1 saturated heterocycles. The molecular weight excluding hydrogens is 362 g/mol. The molecule has 1 aromatic heterocycles. The van der Waals surface area contributed by atoms with Crippen molar-refractivity contribution in [2.75, 3.05) is 20.4 Å². The summed E-state index contributed by atoms with van der Waals surface area (Å²) < 4.78 is 22.6. The lowest BCUT2D eigenvalue weighted by Gasteiger charge is -2.18. The number of hydrogen-bond acceptors (Lipinski definition) is 8. The van der Waals surface area contributed by atoms with E-state index in [1.807, 2.05) is 6.07 Å². The maximum Gasteiger partial charge on any atom is 0.364 e. The number of aliphatic hydroxyl groups excluding tert-OH is 1. The highest BCUT2D eigenvalue weighted by atomic mass is 32.1. The zero-order chi connectivity index (χ0) is 18.3. The summed E-state index contributed by atoms with van der Waals surface area (Å²) in [4.78, 5) is 12.9. The minimum atomic E-state index is -0.566. The van der Waals surface area contributed by atoms with Gasteiger partial charge >= 0.3 is 5.97 Å². The van der Waals surface area contributed by atoms with Crippen molar-refractivity contribution in [3.8, 4) is 23.0 Å². The zero-order valence-electron chi connectivity index (χ0n) is 14.0. The Bertz CT molecular complexity index is 894. The maximum atomic E-state index is 11.9. The van der Waals surface area contributed by atoms with Gasteiger partial charge in [-0.2, -0.15) is 4.68 Å². The van der Waals surface area contributed by atoms with Gasteiger partial charge in [-0.3, -0.25) is 0 Å². The average molecular weight is 380 g/mol. The second-order valence-corrected chi connectivity index (χ2v) is 6.58. The molecule has 1 fully saturated rings. The smallest absolute Gasteiger partial charge is 0.364 e. The number of nitrogens with zero attached hydrogens (tertiary/aromatic N) is 2. The van der Waals surface area contributed by atoms with Crippen molar-refractivity contribution < 1.29 is 33.4 Å². The van der Waals surface area contributed by atoms with Gasteiger partial charge < -0.3 is 28.6 Å². The molecule has 3 atom stereocenters. The molecule has 0 spiro atoms. The molecule has 9 nitrogen and oxygen atoms in total. The van der Waals surface area contributed by atoms with Crippen LogP contribution < -0.4 is 14.4 Å². The monoisotopic (exact) mass is 380 g/mol. The van der Waals surface area contributed by atoms with E-state index in [0.717, 1.165) is 4.90 Å². The normalized spacial score (nSPS) is 24.0. The van der Waals surface area contributed by atoms with Crippen molar-refractivity contribution in [2.45, 2.75) is 25.2 Å². The summed E-state index contributed by atoms with van der Waals surface area (Å²) in [5.41, 5.74) is 0.708. The predicted octanol–water partition coefficient (Wildman–Crippen LogP) is -0.250. The number of likely N-dealkylation sites (tertiary alicyclic amines) is 1. The fourth-order valence-electron chi connectivity index (χ4n) is 3.29. The van der Waals surface area contributed by atoms with Crippen molar-refractivity contribution in [3.63, 3.8) is 0 Å². The molecule has 3 heterocycles. The lowest BCUT2D eigenvalue weighted by molar-refractivity contribution is -0.928. The SMILES string of the molecule is COC(=O)[C@@H]1C[C@H](O)C[NH+]1Cn1nc(-c2ccc3c(c2)OCO3)oc1=S.